The molecule has 10 heteroatoms. The van der Waals surface area contributed by atoms with Gasteiger partial charge in [-0.2, -0.15) is 22.5 Å². The molecule has 0 amide bonds. The van der Waals surface area contributed by atoms with Gasteiger partial charge < -0.3 is 15.0 Å². The number of esters is 1. The number of methoxy groups -OCH3 is 1. The molecule has 1 aliphatic carbocycles. The summed E-state index contributed by atoms with van der Waals surface area (Å²) >= 11 is 0.691. The molecule has 0 bridgehead atoms. The number of ether oxygens (including phenoxy) is 1. The van der Waals surface area contributed by atoms with Gasteiger partial charge in [0, 0.05) is 24.1 Å². The number of hydrogen-bond donors (Lipinski definition) is 1. The highest BCUT2D eigenvalue weighted by atomic mass is 32.1. The summed E-state index contributed by atoms with van der Waals surface area (Å²) in [5.74, 6) is -1.10. The van der Waals surface area contributed by atoms with Gasteiger partial charge in [0.15, 0.2) is 0 Å². The van der Waals surface area contributed by atoms with E-state index in [1.165, 1.54) is 26.4 Å². The fourth-order valence-electron chi connectivity index (χ4n) is 4.68. The van der Waals surface area contributed by atoms with Crippen LogP contribution in [-0.2, 0) is 15.7 Å². The zero-order chi connectivity index (χ0) is 25.6. The van der Waals surface area contributed by atoms with Gasteiger partial charge in [-0.3, -0.25) is 4.79 Å². The van der Waals surface area contributed by atoms with Crippen molar-refractivity contribution in [2.75, 3.05) is 23.9 Å². The standard InChI is InChI=1S/C25H35F3N4O2S/c1-5-17(14-22(33)34-4)18-11-12-21(32(15-16(2)3)19-9-7-6-8-10-19)20(13-18)29-24-30-23(31-35-24)25(26,27)28/h11-13,16-17,19H,5-10,14-15H2,1-4H3,(H,29,30,31). The first-order valence-corrected chi connectivity index (χ1v) is 13.0. The van der Waals surface area contributed by atoms with E-state index in [-0.39, 0.29) is 23.4 Å². The highest BCUT2D eigenvalue weighted by Gasteiger charge is 2.36. The lowest BCUT2D eigenvalue weighted by atomic mass is 9.90. The molecule has 1 aromatic heterocycles. The molecule has 0 spiro atoms. The molecule has 1 atom stereocenters. The Kier molecular flexibility index (Phi) is 9.38. The van der Waals surface area contributed by atoms with Crippen LogP contribution in [0.3, 0.4) is 0 Å². The van der Waals surface area contributed by atoms with Crippen LogP contribution in [0.2, 0.25) is 0 Å². The molecular weight excluding hydrogens is 477 g/mol. The maximum Gasteiger partial charge on any atom is 0.452 e. The first-order valence-electron chi connectivity index (χ1n) is 12.3. The van der Waals surface area contributed by atoms with E-state index >= 15 is 0 Å². The Morgan fingerprint density at radius 2 is 1.97 bits per heavy atom. The van der Waals surface area contributed by atoms with Gasteiger partial charge in [-0.05, 0) is 48.8 Å². The van der Waals surface area contributed by atoms with Crippen LogP contribution in [0, 0.1) is 5.92 Å². The average Bonchev–Trinajstić information content (AvgIpc) is 3.30. The summed E-state index contributed by atoms with van der Waals surface area (Å²) in [6.07, 6.45) is 2.11. The van der Waals surface area contributed by atoms with E-state index in [4.69, 9.17) is 4.74 Å². The molecule has 1 saturated carbocycles. The van der Waals surface area contributed by atoms with Crippen LogP contribution < -0.4 is 10.2 Å². The highest BCUT2D eigenvalue weighted by Crippen LogP contribution is 2.39. The van der Waals surface area contributed by atoms with Crippen molar-refractivity contribution in [3.63, 3.8) is 0 Å². The molecule has 1 N–H and O–H groups in total. The zero-order valence-corrected chi connectivity index (χ0v) is 21.6. The van der Waals surface area contributed by atoms with Crippen molar-refractivity contribution >= 4 is 34.0 Å². The molecule has 0 radical (unpaired) electrons. The third-order valence-electron chi connectivity index (χ3n) is 6.43. The Morgan fingerprint density at radius 3 is 2.54 bits per heavy atom. The number of benzene rings is 1. The van der Waals surface area contributed by atoms with Gasteiger partial charge in [0.25, 0.3) is 0 Å². The number of hydrogen-bond acceptors (Lipinski definition) is 7. The highest BCUT2D eigenvalue weighted by molar-refractivity contribution is 7.09. The van der Waals surface area contributed by atoms with Crippen LogP contribution in [0.5, 0.6) is 0 Å². The number of nitrogens with zero attached hydrogens (tertiary/aromatic N) is 3. The van der Waals surface area contributed by atoms with Gasteiger partial charge in [-0.1, -0.05) is 46.1 Å². The predicted molar refractivity (Wildman–Crippen MR) is 133 cm³/mol. The smallest absolute Gasteiger partial charge is 0.452 e. The van der Waals surface area contributed by atoms with Crippen LogP contribution in [0.1, 0.15) is 83.0 Å². The van der Waals surface area contributed by atoms with Crippen molar-refractivity contribution in [2.45, 2.75) is 83.9 Å². The molecule has 35 heavy (non-hydrogen) atoms. The lowest BCUT2D eigenvalue weighted by Gasteiger charge is -2.38. The van der Waals surface area contributed by atoms with E-state index in [1.807, 2.05) is 25.1 Å². The van der Waals surface area contributed by atoms with Gasteiger partial charge >= 0.3 is 12.1 Å². The van der Waals surface area contributed by atoms with E-state index < -0.39 is 12.0 Å². The van der Waals surface area contributed by atoms with Crippen LogP contribution in [-0.4, -0.2) is 35.0 Å². The van der Waals surface area contributed by atoms with Gasteiger partial charge in [-0.25, -0.2) is 0 Å². The second kappa shape index (κ2) is 12.1. The lowest BCUT2D eigenvalue weighted by Crippen LogP contribution is -2.39. The second-order valence-corrected chi connectivity index (χ2v) is 10.3. The normalized spacial score (nSPS) is 15.8. The molecule has 3 rings (SSSR count). The summed E-state index contributed by atoms with van der Waals surface area (Å²) in [6, 6.07) is 6.36. The molecule has 194 valence electrons. The third kappa shape index (κ3) is 7.32. The van der Waals surface area contributed by atoms with Crippen LogP contribution in [0.4, 0.5) is 29.7 Å². The average molecular weight is 513 g/mol. The molecule has 0 aliphatic heterocycles. The maximum absolute atomic E-state index is 13.1. The Morgan fingerprint density at radius 1 is 1.26 bits per heavy atom. The molecule has 1 aromatic carbocycles. The van der Waals surface area contributed by atoms with E-state index in [1.54, 1.807) is 0 Å². The molecule has 1 heterocycles. The number of anilines is 3. The summed E-state index contributed by atoms with van der Waals surface area (Å²) < 4.78 is 47.7. The van der Waals surface area contributed by atoms with Crippen LogP contribution >= 0.6 is 11.5 Å². The van der Waals surface area contributed by atoms with Crippen molar-refractivity contribution in [3.8, 4) is 0 Å². The minimum absolute atomic E-state index is 0.0644. The Balaban J connectivity index is 2.03. The molecule has 2 aromatic rings. The molecule has 1 unspecified atom stereocenters. The summed E-state index contributed by atoms with van der Waals surface area (Å²) in [4.78, 5) is 18.0. The van der Waals surface area contributed by atoms with Gasteiger partial charge in [-0.15, -0.1) is 0 Å². The number of rotatable bonds is 10. The third-order valence-corrected chi connectivity index (χ3v) is 7.06. The number of aromatic nitrogens is 2. The van der Waals surface area contributed by atoms with Crippen LogP contribution in [0.15, 0.2) is 18.2 Å². The summed E-state index contributed by atoms with van der Waals surface area (Å²) in [5, 5.41) is 3.22. The predicted octanol–water partition coefficient (Wildman–Crippen LogP) is 7.15. The van der Waals surface area contributed by atoms with Gasteiger partial charge in [0.1, 0.15) is 0 Å². The van der Waals surface area contributed by atoms with E-state index in [2.05, 4.69) is 33.4 Å². The number of nitrogens with one attached hydrogen (secondary N) is 1. The van der Waals surface area contributed by atoms with Crippen molar-refractivity contribution in [2.24, 2.45) is 5.92 Å². The molecule has 6 nitrogen and oxygen atoms in total. The summed E-state index contributed by atoms with van der Waals surface area (Å²) in [6.45, 7) is 7.17. The first kappa shape index (κ1) is 27.2. The van der Waals surface area contributed by atoms with E-state index in [0.717, 1.165) is 37.1 Å². The number of halogens is 3. The summed E-state index contributed by atoms with van der Waals surface area (Å²) in [5.41, 5.74) is 2.55. The Hall–Kier alpha value is -2.36. The second-order valence-electron chi connectivity index (χ2n) is 9.55. The topological polar surface area (TPSA) is 67.3 Å². The minimum atomic E-state index is -4.60. The maximum atomic E-state index is 13.1. The Bertz CT molecular complexity index is 974. The lowest BCUT2D eigenvalue weighted by molar-refractivity contribution is -0.144. The van der Waals surface area contributed by atoms with Crippen molar-refractivity contribution in [3.05, 3.63) is 29.6 Å². The summed E-state index contributed by atoms with van der Waals surface area (Å²) in [7, 11) is 1.37. The van der Waals surface area contributed by atoms with E-state index in [0.29, 0.717) is 29.2 Å². The molecule has 1 fully saturated rings. The number of alkyl halides is 3. The first-order chi connectivity index (χ1) is 16.6. The quantitative estimate of drug-likeness (QED) is 0.341. The van der Waals surface area contributed by atoms with Crippen LogP contribution in [0.25, 0.3) is 0 Å². The number of carbonyl (C=O) groups excluding carboxylic acids is 1. The monoisotopic (exact) mass is 512 g/mol. The van der Waals surface area contributed by atoms with E-state index in [9.17, 15) is 18.0 Å². The minimum Gasteiger partial charge on any atom is -0.469 e. The molecule has 0 saturated heterocycles. The van der Waals surface area contributed by atoms with Gasteiger partial charge in [0.2, 0.25) is 11.0 Å². The molecular formula is C25H35F3N4O2S. The largest absolute Gasteiger partial charge is 0.469 e. The van der Waals surface area contributed by atoms with Crippen molar-refractivity contribution in [1.82, 2.24) is 9.36 Å². The fourth-order valence-corrected chi connectivity index (χ4v) is 5.28. The number of carbonyl (C=O) groups is 1. The fraction of sp³-hybridized carbons (Fsp3) is 0.640. The zero-order valence-electron chi connectivity index (χ0n) is 20.8. The SMILES string of the molecule is CCC(CC(=O)OC)c1ccc(N(CC(C)C)C2CCCCC2)c(Nc2nc(C(F)(F)F)ns2)c1. The van der Waals surface area contributed by atoms with Gasteiger partial charge in [0.05, 0.1) is 24.9 Å². The van der Waals surface area contributed by atoms with Crippen molar-refractivity contribution in [1.29, 1.82) is 0 Å². The van der Waals surface area contributed by atoms with Crippen molar-refractivity contribution < 1.29 is 22.7 Å². The Labute approximate surface area is 209 Å². The molecule has 1 aliphatic rings.